The lowest BCUT2D eigenvalue weighted by Gasteiger charge is -2.16. The normalized spacial score (nSPS) is 14.2. The molecule has 1 saturated heterocycles. The van der Waals surface area contributed by atoms with Crippen LogP contribution in [0, 0.1) is 11.6 Å². The molecule has 1 aliphatic rings. The summed E-state index contributed by atoms with van der Waals surface area (Å²) in [6.45, 7) is 0.658. The molecule has 23 heavy (non-hydrogen) atoms. The highest BCUT2D eigenvalue weighted by Gasteiger charge is 2.22. The van der Waals surface area contributed by atoms with Crippen molar-refractivity contribution in [3.8, 4) is 0 Å². The van der Waals surface area contributed by atoms with Crippen molar-refractivity contribution in [3.63, 3.8) is 0 Å². The van der Waals surface area contributed by atoms with Crippen LogP contribution < -0.4 is 10.2 Å². The summed E-state index contributed by atoms with van der Waals surface area (Å²) >= 11 is 0. The van der Waals surface area contributed by atoms with Gasteiger partial charge in [0.15, 0.2) is 0 Å². The minimum absolute atomic E-state index is 0.0515. The quantitative estimate of drug-likeness (QED) is 0.944. The summed E-state index contributed by atoms with van der Waals surface area (Å²) < 4.78 is 27.1. The third kappa shape index (κ3) is 3.06. The van der Waals surface area contributed by atoms with Crippen molar-refractivity contribution in [1.82, 2.24) is 0 Å². The Labute approximate surface area is 131 Å². The topological polar surface area (TPSA) is 49.4 Å². The van der Waals surface area contributed by atoms with Gasteiger partial charge in [-0.2, -0.15) is 0 Å². The van der Waals surface area contributed by atoms with E-state index in [0.717, 1.165) is 18.6 Å². The van der Waals surface area contributed by atoms with Gasteiger partial charge in [-0.05, 0) is 42.8 Å². The summed E-state index contributed by atoms with van der Waals surface area (Å²) in [5.41, 5.74) is 0.487. The second-order valence-corrected chi connectivity index (χ2v) is 5.25. The lowest BCUT2D eigenvalue weighted by molar-refractivity contribution is -0.117. The standard InChI is InChI=1S/C17H14F2N2O2/c18-13-3-1-4-14(19)16(13)20-17(23)11-6-8-12(9-7-11)21-10-2-5-15(21)22/h1,3-4,6-9H,2,5,10H2,(H,20,23). The number of para-hydroxylation sites is 1. The zero-order valence-corrected chi connectivity index (χ0v) is 12.2. The highest BCUT2D eigenvalue weighted by atomic mass is 19.1. The number of rotatable bonds is 3. The third-order valence-corrected chi connectivity index (χ3v) is 3.72. The van der Waals surface area contributed by atoms with E-state index in [9.17, 15) is 18.4 Å². The largest absolute Gasteiger partial charge is 0.317 e. The monoisotopic (exact) mass is 316 g/mol. The van der Waals surface area contributed by atoms with Crippen molar-refractivity contribution in [1.29, 1.82) is 0 Å². The van der Waals surface area contributed by atoms with Crippen molar-refractivity contribution >= 4 is 23.2 Å². The van der Waals surface area contributed by atoms with E-state index in [-0.39, 0.29) is 11.5 Å². The summed E-state index contributed by atoms with van der Waals surface area (Å²) in [6.07, 6.45) is 1.34. The van der Waals surface area contributed by atoms with Crippen LogP contribution in [0.5, 0.6) is 0 Å². The minimum Gasteiger partial charge on any atom is -0.317 e. The van der Waals surface area contributed by atoms with Crippen molar-refractivity contribution in [2.75, 3.05) is 16.8 Å². The van der Waals surface area contributed by atoms with Crippen LogP contribution >= 0.6 is 0 Å². The first-order valence-corrected chi connectivity index (χ1v) is 7.22. The molecule has 118 valence electrons. The Morgan fingerprint density at radius 1 is 1.04 bits per heavy atom. The van der Waals surface area contributed by atoms with E-state index in [1.54, 1.807) is 17.0 Å². The molecule has 6 heteroatoms. The number of halogens is 2. The Kier molecular flexibility index (Phi) is 4.06. The molecule has 2 aromatic rings. The van der Waals surface area contributed by atoms with Gasteiger partial charge in [0.1, 0.15) is 17.3 Å². The zero-order valence-electron chi connectivity index (χ0n) is 12.2. The van der Waals surface area contributed by atoms with Gasteiger partial charge in [-0.25, -0.2) is 8.78 Å². The van der Waals surface area contributed by atoms with Gasteiger partial charge in [0.25, 0.3) is 5.91 Å². The molecule has 2 amide bonds. The second kappa shape index (κ2) is 6.16. The van der Waals surface area contributed by atoms with E-state index in [0.29, 0.717) is 18.7 Å². The van der Waals surface area contributed by atoms with Gasteiger partial charge in [0.05, 0.1) is 0 Å². The molecular formula is C17H14F2N2O2. The van der Waals surface area contributed by atoms with E-state index in [1.165, 1.54) is 18.2 Å². The molecule has 0 bridgehead atoms. The van der Waals surface area contributed by atoms with Crippen molar-refractivity contribution in [2.45, 2.75) is 12.8 Å². The number of nitrogens with zero attached hydrogens (tertiary/aromatic N) is 1. The molecule has 0 saturated carbocycles. The van der Waals surface area contributed by atoms with Gasteiger partial charge in [0, 0.05) is 24.2 Å². The van der Waals surface area contributed by atoms with Gasteiger partial charge in [-0.15, -0.1) is 0 Å². The van der Waals surface area contributed by atoms with Crippen LogP contribution in [0.25, 0.3) is 0 Å². The van der Waals surface area contributed by atoms with Gasteiger partial charge >= 0.3 is 0 Å². The average Bonchev–Trinajstić information content (AvgIpc) is 2.97. The number of benzene rings is 2. The summed E-state index contributed by atoms with van der Waals surface area (Å²) in [4.78, 5) is 25.4. The number of carbonyl (C=O) groups excluding carboxylic acids is 2. The van der Waals surface area contributed by atoms with Crippen LogP contribution in [-0.4, -0.2) is 18.4 Å². The molecule has 1 fully saturated rings. The Morgan fingerprint density at radius 3 is 2.26 bits per heavy atom. The Bertz CT molecular complexity index is 739. The Hall–Kier alpha value is -2.76. The Morgan fingerprint density at radius 2 is 1.70 bits per heavy atom. The predicted octanol–water partition coefficient (Wildman–Crippen LogP) is 3.34. The van der Waals surface area contributed by atoms with E-state index in [2.05, 4.69) is 5.32 Å². The molecule has 1 aliphatic heterocycles. The number of carbonyl (C=O) groups is 2. The molecule has 2 aromatic carbocycles. The number of amides is 2. The van der Waals surface area contributed by atoms with Crippen molar-refractivity contribution < 1.29 is 18.4 Å². The maximum absolute atomic E-state index is 13.5. The first-order chi connectivity index (χ1) is 11.1. The molecule has 0 radical (unpaired) electrons. The fourth-order valence-corrected chi connectivity index (χ4v) is 2.52. The molecule has 0 atom stereocenters. The number of hydrogen-bond donors (Lipinski definition) is 1. The maximum atomic E-state index is 13.5. The average molecular weight is 316 g/mol. The lowest BCUT2D eigenvalue weighted by Crippen LogP contribution is -2.23. The lowest BCUT2D eigenvalue weighted by atomic mass is 10.1. The van der Waals surface area contributed by atoms with Gasteiger partial charge in [0.2, 0.25) is 5.91 Å². The highest BCUT2D eigenvalue weighted by molar-refractivity contribution is 6.05. The molecule has 0 aliphatic carbocycles. The molecular weight excluding hydrogens is 302 g/mol. The second-order valence-electron chi connectivity index (χ2n) is 5.25. The van der Waals surface area contributed by atoms with E-state index >= 15 is 0 Å². The molecule has 4 nitrogen and oxygen atoms in total. The first kappa shape index (κ1) is 15.1. The van der Waals surface area contributed by atoms with Crippen LogP contribution in [0.15, 0.2) is 42.5 Å². The van der Waals surface area contributed by atoms with Crippen LogP contribution in [-0.2, 0) is 4.79 Å². The Balaban J connectivity index is 1.77. The predicted molar refractivity (Wildman–Crippen MR) is 82.3 cm³/mol. The van der Waals surface area contributed by atoms with Crippen LogP contribution in [0.4, 0.5) is 20.2 Å². The molecule has 0 aromatic heterocycles. The smallest absolute Gasteiger partial charge is 0.255 e. The van der Waals surface area contributed by atoms with Crippen LogP contribution in [0.1, 0.15) is 23.2 Å². The SMILES string of the molecule is O=C(Nc1c(F)cccc1F)c1ccc(N2CCCC2=O)cc1. The van der Waals surface area contributed by atoms with E-state index in [4.69, 9.17) is 0 Å². The molecule has 1 N–H and O–H groups in total. The molecule has 3 rings (SSSR count). The third-order valence-electron chi connectivity index (χ3n) is 3.72. The van der Waals surface area contributed by atoms with Gasteiger partial charge in [-0.1, -0.05) is 6.07 Å². The zero-order chi connectivity index (χ0) is 16.4. The van der Waals surface area contributed by atoms with E-state index in [1.807, 2.05) is 0 Å². The summed E-state index contributed by atoms with van der Waals surface area (Å²) in [7, 11) is 0. The number of anilines is 2. The van der Waals surface area contributed by atoms with E-state index < -0.39 is 23.2 Å². The number of nitrogens with one attached hydrogen (secondary N) is 1. The van der Waals surface area contributed by atoms with Gasteiger partial charge in [-0.3, -0.25) is 9.59 Å². The molecule has 1 heterocycles. The molecule has 0 unspecified atom stereocenters. The fraction of sp³-hybridized carbons (Fsp3) is 0.176. The minimum atomic E-state index is -0.836. The highest BCUT2D eigenvalue weighted by Crippen LogP contribution is 2.23. The number of hydrogen-bond acceptors (Lipinski definition) is 2. The van der Waals surface area contributed by atoms with Crippen molar-refractivity contribution in [3.05, 3.63) is 59.7 Å². The van der Waals surface area contributed by atoms with Crippen LogP contribution in [0.3, 0.4) is 0 Å². The van der Waals surface area contributed by atoms with Gasteiger partial charge < -0.3 is 10.2 Å². The molecule has 0 spiro atoms. The summed E-state index contributed by atoms with van der Waals surface area (Å²) in [5.74, 6) is -2.24. The maximum Gasteiger partial charge on any atom is 0.255 e. The van der Waals surface area contributed by atoms with Crippen molar-refractivity contribution in [2.24, 2.45) is 0 Å². The summed E-state index contributed by atoms with van der Waals surface area (Å²) in [5, 5.41) is 2.22. The van der Waals surface area contributed by atoms with Crippen LogP contribution in [0.2, 0.25) is 0 Å². The first-order valence-electron chi connectivity index (χ1n) is 7.22. The fourth-order valence-electron chi connectivity index (χ4n) is 2.52. The summed E-state index contributed by atoms with van der Waals surface area (Å²) in [6, 6.07) is 9.71.